The molecule has 2 heterocycles. The van der Waals surface area contributed by atoms with E-state index in [2.05, 4.69) is 19.1 Å². The fourth-order valence-corrected chi connectivity index (χ4v) is 3.05. The summed E-state index contributed by atoms with van der Waals surface area (Å²) in [5.74, 6) is 0.571. The molecule has 2 aliphatic heterocycles. The molecule has 1 amide bonds. The standard InChI is InChI=1S/C15H19NO3/c1-10-2-3-11-4-5-16(8-12(11)6-10)15(18)14-7-13(17)9-19-14/h2-3,10,14H,4-9H2,1H3/t10?,14-/m0/s1. The Morgan fingerprint density at radius 1 is 1.42 bits per heavy atom. The number of rotatable bonds is 1. The summed E-state index contributed by atoms with van der Waals surface area (Å²) < 4.78 is 5.27. The summed E-state index contributed by atoms with van der Waals surface area (Å²) in [6.45, 7) is 3.74. The molecule has 0 spiro atoms. The van der Waals surface area contributed by atoms with Crippen LogP contribution < -0.4 is 0 Å². The number of amides is 1. The minimum absolute atomic E-state index is 0.0143. The van der Waals surface area contributed by atoms with E-state index in [0.717, 1.165) is 19.4 Å². The van der Waals surface area contributed by atoms with Gasteiger partial charge in [-0.3, -0.25) is 9.59 Å². The number of ether oxygens (including phenoxy) is 1. The van der Waals surface area contributed by atoms with Crippen molar-refractivity contribution in [2.24, 2.45) is 5.92 Å². The predicted octanol–water partition coefficient (Wildman–Crippen LogP) is 1.47. The molecule has 1 unspecified atom stereocenters. The smallest absolute Gasteiger partial charge is 0.252 e. The number of hydrogen-bond donors (Lipinski definition) is 0. The van der Waals surface area contributed by atoms with Crippen LogP contribution in [0.3, 0.4) is 0 Å². The van der Waals surface area contributed by atoms with Crippen molar-refractivity contribution in [3.63, 3.8) is 0 Å². The van der Waals surface area contributed by atoms with Gasteiger partial charge in [0.05, 0.1) is 0 Å². The molecular weight excluding hydrogens is 242 g/mol. The molecule has 0 aromatic rings. The second kappa shape index (κ2) is 4.93. The Balaban J connectivity index is 1.68. The first-order valence-corrected chi connectivity index (χ1v) is 6.94. The summed E-state index contributed by atoms with van der Waals surface area (Å²) in [7, 11) is 0. The van der Waals surface area contributed by atoms with Gasteiger partial charge in [-0.25, -0.2) is 0 Å². The van der Waals surface area contributed by atoms with Crippen LogP contribution in [-0.4, -0.2) is 42.4 Å². The zero-order valence-electron chi connectivity index (χ0n) is 11.2. The molecule has 0 aromatic heterocycles. The van der Waals surface area contributed by atoms with Crippen molar-refractivity contribution in [3.05, 3.63) is 23.3 Å². The van der Waals surface area contributed by atoms with Crippen LogP contribution in [0.25, 0.3) is 0 Å². The second-order valence-electron chi connectivity index (χ2n) is 5.72. The fraction of sp³-hybridized carbons (Fsp3) is 0.600. The van der Waals surface area contributed by atoms with Gasteiger partial charge in [-0.05, 0) is 29.9 Å². The third kappa shape index (κ3) is 2.50. The van der Waals surface area contributed by atoms with Gasteiger partial charge in [0, 0.05) is 19.5 Å². The number of nitrogens with zero attached hydrogens (tertiary/aromatic N) is 1. The van der Waals surface area contributed by atoms with Crippen molar-refractivity contribution < 1.29 is 14.3 Å². The monoisotopic (exact) mass is 261 g/mol. The van der Waals surface area contributed by atoms with Crippen LogP contribution in [0.15, 0.2) is 23.3 Å². The van der Waals surface area contributed by atoms with Crippen molar-refractivity contribution in [2.45, 2.75) is 32.3 Å². The van der Waals surface area contributed by atoms with Crippen LogP contribution in [-0.2, 0) is 14.3 Å². The lowest BCUT2D eigenvalue weighted by Crippen LogP contribution is -2.43. The largest absolute Gasteiger partial charge is 0.360 e. The average Bonchev–Trinajstić information content (AvgIpc) is 2.83. The van der Waals surface area contributed by atoms with Crippen molar-refractivity contribution in [3.8, 4) is 0 Å². The lowest BCUT2D eigenvalue weighted by molar-refractivity contribution is -0.140. The molecule has 0 aromatic carbocycles. The topological polar surface area (TPSA) is 46.6 Å². The quantitative estimate of drug-likeness (QED) is 0.718. The third-order valence-electron chi connectivity index (χ3n) is 4.13. The van der Waals surface area contributed by atoms with Gasteiger partial charge < -0.3 is 9.64 Å². The Labute approximate surface area is 113 Å². The Hall–Kier alpha value is -1.42. The van der Waals surface area contributed by atoms with Crippen LogP contribution >= 0.6 is 0 Å². The highest BCUT2D eigenvalue weighted by atomic mass is 16.5. The van der Waals surface area contributed by atoms with Gasteiger partial charge in [-0.15, -0.1) is 0 Å². The van der Waals surface area contributed by atoms with E-state index in [1.54, 1.807) is 0 Å². The molecule has 0 N–H and O–H groups in total. The molecule has 3 rings (SSSR count). The summed E-state index contributed by atoms with van der Waals surface area (Å²) in [4.78, 5) is 25.4. The van der Waals surface area contributed by atoms with E-state index in [4.69, 9.17) is 4.74 Å². The van der Waals surface area contributed by atoms with Gasteiger partial charge in [0.1, 0.15) is 12.7 Å². The van der Waals surface area contributed by atoms with Crippen LogP contribution in [0.5, 0.6) is 0 Å². The lowest BCUT2D eigenvalue weighted by Gasteiger charge is -2.34. The highest BCUT2D eigenvalue weighted by molar-refractivity contribution is 5.91. The van der Waals surface area contributed by atoms with Crippen LogP contribution in [0.1, 0.15) is 26.2 Å². The van der Waals surface area contributed by atoms with Crippen LogP contribution in [0, 0.1) is 5.92 Å². The molecule has 1 aliphatic carbocycles. The van der Waals surface area contributed by atoms with Crippen LogP contribution in [0.2, 0.25) is 0 Å². The van der Waals surface area contributed by atoms with Crippen molar-refractivity contribution in [1.29, 1.82) is 0 Å². The fourth-order valence-electron chi connectivity index (χ4n) is 3.05. The Morgan fingerprint density at radius 2 is 2.26 bits per heavy atom. The Kier molecular flexibility index (Phi) is 3.27. The molecule has 1 saturated heterocycles. The average molecular weight is 261 g/mol. The highest BCUT2D eigenvalue weighted by Gasteiger charge is 2.34. The van der Waals surface area contributed by atoms with Crippen molar-refractivity contribution >= 4 is 11.7 Å². The first-order valence-electron chi connectivity index (χ1n) is 6.94. The SMILES string of the molecule is CC1C=CC2=C(C1)CN(C(=O)[C@@H]1CC(=O)CO1)CC2. The maximum Gasteiger partial charge on any atom is 0.252 e. The minimum atomic E-state index is -0.536. The van der Waals surface area contributed by atoms with E-state index in [0.29, 0.717) is 12.5 Å². The maximum atomic E-state index is 12.3. The number of carbonyl (C=O) groups is 2. The van der Waals surface area contributed by atoms with E-state index in [1.165, 1.54) is 11.1 Å². The molecule has 2 atom stereocenters. The molecule has 102 valence electrons. The van der Waals surface area contributed by atoms with E-state index in [1.807, 2.05) is 4.90 Å². The normalized spacial score (nSPS) is 30.8. The Morgan fingerprint density at radius 3 is 3.00 bits per heavy atom. The number of allylic oxidation sites excluding steroid dienone is 2. The molecule has 4 nitrogen and oxygen atoms in total. The van der Waals surface area contributed by atoms with Crippen molar-refractivity contribution in [1.82, 2.24) is 4.90 Å². The molecule has 1 fully saturated rings. The van der Waals surface area contributed by atoms with Gasteiger partial charge in [-0.2, -0.15) is 0 Å². The zero-order chi connectivity index (χ0) is 13.4. The van der Waals surface area contributed by atoms with Gasteiger partial charge in [0.2, 0.25) is 0 Å². The van der Waals surface area contributed by atoms with E-state index >= 15 is 0 Å². The number of Topliss-reactive ketones (excluding diaryl/α,β-unsaturated/α-hetero) is 1. The molecule has 19 heavy (non-hydrogen) atoms. The van der Waals surface area contributed by atoms with Crippen LogP contribution in [0.4, 0.5) is 0 Å². The predicted molar refractivity (Wildman–Crippen MR) is 70.5 cm³/mol. The molecule has 0 radical (unpaired) electrons. The zero-order valence-corrected chi connectivity index (χ0v) is 11.2. The van der Waals surface area contributed by atoms with Gasteiger partial charge in [-0.1, -0.05) is 19.1 Å². The van der Waals surface area contributed by atoms with E-state index in [-0.39, 0.29) is 24.7 Å². The summed E-state index contributed by atoms with van der Waals surface area (Å²) in [5.41, 5.74) is 2.77. The molecule has 0 bridgehead atoms. The first-order chi connectivity index (χ1) is 9.13. The molecule has 3 aliphatic rings. The van der Waals surface area contributed by atoms with E-state index in [9.17, 15) is 9.59 Å². The van der Waals surface area contributed by atoms with Gasteiger partial charge >= 0.3 is 0 Å². The molecule has 0 saturated carbocycles. The number of carbonyl (C=O) groups excluding carboxylic acids is 2. The van der Waals surface area contributed by atoms with E-state index < -0.39 is 6.10 Å². The summed E-state index contributed by atoms with van der Waals surface area (Å²) in [6, 6.07) is 0. The number of hydrogen-bond acceptors (Lipinski definition) is 3. The van der Waals surface area contributed by atoms with Crippen molar-refractivity contribution in [2.75, 3.05) is 19.7 Å². The summed E-state index contributed by atoms with van der Waals surface area (Å²) >= 11 is 0. The first kappa shape index (κ1) is 12.6. The maximum absolute atomic E-state index is 12.3. The highest BCUT2D eigenvalue weighted by Crippen LogP contribution is 2.30. The second-order valence-corrected chi connectivity index (χ2v) is 5.72. The molecular formula is C15H19NO3. The third-order valence-corrected chi connectivity index (χ3v) is 4.13. The van der Waals surface area contributed by atoms with Gasteiger partial charge in [0.25, 0.3) is 5.91 Å². The Bertz CT molecular complexity index is 478. The lowest BCUT2D eigenvalue weighted by atomic mass is 9.87. The summed E-state index contributed by atoms with van der Waals surface area (Å²) in [5, 5.41) is 0. The molecule has 4 heteroatoms. The minimum Gasteiger partial charge on any atom is -0.360 e. The number of ketones is 1. The van der Waals surface area contributed by atoms with Gasteiger partial charge in [0.15, 0.2) is 5.78 Å². The summed E-state index contributed by atoms with van der Waals surface area (Å²) in [6.07, 6.45) is 6.13.